The minimum atomic E-state index is 0.139. The zero-order valence-electron chi connectivity index (χ0n) is 11.4. The van der Waals surface area contributed by atoms with E-state index in [0.717, 1.165) is 31.9 Å². The summed E-state index contributed by atoms with van der Waals surface area (Å²) < 4.78 is 0. The molecule has 2 aliphatic rings. The highest BCUT2D eigenvalue weighted by molar-refractivity contribution is 5.54. The molecule has 1 aromatic rings. The van der Waals surface area contributed by atoms with Crippen LogP contribution in [-0.2, 0) is 11.8 Å². The van der Waals surface area contributed by atoms with Gasteiger partial charge in [-0.05, 0) is 37.5 Å². The molecule has 1 aliphatic heterocycles. The summed E-state index contributed by atoms with van der Waals surface area (Å²) >= 11 is 0. The molecule has 0 atom stereocenters. The highest BCUT2D eigenvalue weighted by atomic mass is 15.3. The van der Waals surface area contributed by atoms with Gasteiger partial charge >= 0.3 is 0 Å². The van der Waals surface area contributed by atoms with Crippen molar-refractivity contribution in [3.8, 4) is 0 Å². The molecule has 1 aromatic heterocycles. The zero-order valence-corrected chi connectivity index (χ0v) is 11.4. The number of nitrogens with zero attached hydrogens (tertiary/aromatic N) is 3. The number of aryl methyl sites for hydroxylation is 1. The van der Waals surface area contributed by atoms with E-state index in [9.17, 15) is 0 Å². The standard InChI is InChI=1S/C14H22N4/c1-14(2)7-6-10-11(14)12(15)17-13(16-10)18-8-4-3-5-9-18/h3-9H2,1-2H3,(H2,15,16,17). The third kappa shape index (κ3) is 1.84. The summed E-state index contributed by atoms with van der Waals surface area (Å²) in [7, 11) is 0. The Kier molecular flexibility index (Phi) is 2.68. The number of nitrogen functional groups attached to an aromatic ring is 1. The molecule has 0 bridgehead atoms. The first kappa shape index (κ1) is 11.8. The maximum absolute atomic E-state index is 6.18. The molecular formula is C14H22N4. The Labute approximate surface area is 109 Å². The fraction of sp³-hybridized carbons (Fsp3) is 0.714. The normalized spacial score (nSPS) is 22.0. The zero-order chi connectivity index (χ0) is 12.8. The molecule has 0 unspecified atom stereocenters. The lowest BCUT2D eigenvalue weighted by Crippen LogP contribution is -2.31. The van der Waals surface area contributed by atoms with Gasteiger partial charge in [-0.1, -0.05) is 13.8 Å². The first-order valence-electron chi connectivity index (χ1n) is 7.00. The van der Waals surface area contributed by atoms with Gasteiger partial charge in [-0.15, -0.1) is 0 Å². The molecule has 4 heteroatoms. The number of aromatic nitrogens is 2. The first-order valence-corrected chi connectivity index (χ1v) is 7.00. The quantitative estimate of drug-likeness (QED) is 0.826. The summed E-state index contributed by atoms with van der Waals surface area (Å²) in [6, 6.07) is 0. The van der Waals surface area contributed by atoms with Gasteiger partial charge in [0.1, 0.15) is 5.82 Å². The van der Waals surface area contributed by atoms with Crippen molar-refractivity contribution >= 4 is 11.8 Å². The molecular weight excluding hydrogens is 224 g/mol. The van der Waals surface area contributed by atoms with Crippen LogP contribution in [0.2, 0.25) is 0 Å². The second-order valence-corrected chi connectivity index (χ2v) is 6.16. The molecule has 3 rings (SSSR count). The van der Waals surface area contributed by atoms with E-state index < -0.39 is 0 Å². The van der Waals surface area contributed by atoms with E-state index in [2.05, 4.69) is 23.7 Å². The van der Waals surface area contributed by atoms with Gasteiger partial charge in [-0.3, -0.25) is 0 Å². The van der Waals surface area contributed by atoms with Crippen molar-refractivity contribution < 1.29 is 0 Å². The minimum Gasteiger partial charge on any atom is -0.383 e. The molecule has 1 saturated heterocycles. The number of anilines is 2. The Bertz CT molecular complexity index is 461. The Morgan fingerprint density at radius 3 is 2.56 bits per heavy atom. The van der Waals surface area contributed by atoms with Gasteiger partial charge in [-0.25, -0.2) is 4.98 Å². The third-order valence-electron chi connectivity index (χ3n) is 4.30. The third-order valence-corrected chi connectivity index (χ3v) is 4.30. The SMILES string of the molecule is CC1(C)CCc2nc(N3CCCCC3)nc(N)c21. The fourth-order valence-electron chi connectivity index (χ4n) is 3.22. The van der Waals surface area contributed by atoms with Gasteiger partial charge in [-0.2, -0.15) is 4.98 Å². The molecule has 18 heavy (non-hydrogen) atoms. The van der Waals surface area contributed by atoms with Crippen LogP contribution in [0.4, 0.5) is 11.8 Å². The minimum absolute atomic E-state index is 0.139. The van der Waals surface area contributed by atoms with E-state index in [4.69, 9.17) is 10.7 Å². The molecule has 1 aliphatic carbocycles. The smallest absolute Gasteiger partial charge is 0.227 e. The van der Waals surface area contributed by atoms with Crippen LogP contribution in [-0.4, -0.2) is 23.1 Å². The lowest BCUT2D eigenvalue weighted by Gasteiger charge is -2.28. The van der Waals surface area contributed by atoms with Gasteiger partial charge < -0.3 is 10.6 Å². The number of hydrogen-bond donors (Lipinski definition) is 1. The number of hydrogen-bond acceptors (Lipinski definition) is 4. The van der Waals surface area contributed by atoms with Gasteiger partial charge in [0.05, 0.1) is 5.69 Å². The molecule has 0 amide bonds. The summed E-state index contributed by atoms with van der Waals surface area (Å²) in [4.78, 5) is 11.6. The van der Waals surface area contributed by atoms with Crippen molar-refractivity contribution in [1.82, 2.24) is 9.97 Å². The van der Waals surface area contributed by atoms with Crippen LogP contribution in [0.15, 0.2) is 0 Å². The second-order valence-electron chi connectivity index (χ2n) is 6.16. The van der Waals surface area contributed by atoms with Gasteiger partial charge in [0.2, 0.25) is 5.95 Å². The number of rotatable bonds is 1. The number of nitrogens with two attached hydrogens (primary N) is 1. The Balaban J connectivity index is 1.97. The molecule has 4 nitrogen and oxygen atoms in total. The molecule has 0 aromatic carbocycles. The second kappa shape index (κ2) is 4.11. The van der Waals surface area contributed by atoms with Crippen molar-refractivity contribution in [3.05, 3.63) is 11.3 Å². The van der Waals surface area contributed by atoms with Crippen LogP contribution >= 0.6 is 0 Å². The summed E-state index contributed by atoms with van der Waals surface area (Å²) in [6.45, 7) is 6.61. The lowest BCUT2D eigenvalue weighted by molar-refractivity contribution is 0.522. The Hall–Kier alpha value is -1.32. The van der Waals surface area contributed by atoms with Crippen molar-refractivity contribution in [2.75, 3.05) is 23.7 Å². The largest absolute Gasteiger partial charge is 0.383 e. The van der Waals surface area contributed by atoms with E-state index in [1.54, 1.807) is 0 Å². The van der Waals surface area contributed by atoms with Crippen molar-refractivity contribution in [3.63, 3.8) is 0 Å². The topological polar surface area (TPSA) is 55.0 Å². The van der Waals surface area contributed by atoms with Gasteiger partial charge in [0.25, 0.3) is 0 Å². The fourth-order valence-corrected chi connectivity index (χ4v) is 3.22. The van der Waals surface area contributed by atoms with Crippen molar-refractivity contribution in [2.45, 2.75) is 51.4 Å². The van der Waals surface area contributed by atoms with E-state index in [1.165, 1.54) is 30.5 Å². The average molecular weight is 246 g/mol. The van der Waals surface area contributed by atoms with Crippen LogP contribution in [0.3, 0.4) is 0 Å². The summed E-state index contributed by atoms with van der Waals surface area (Å²) in [6.07, 6.45) is 5.97. The van der Waals surface area contributed by atoms with Gasteiger partial charge in [0, 0.05) is 18.7 Å². The summed E-state index contributed by atoms with van der Waals surface area (Å²) in [5, 5.41) is 0. The van der Waals surface area contributed by atoms with Crippen LogP contribution < -0.4 is 10.6 Å². The van der Waals surface area contributed by atoms with Crippen LogP contribution in [0.1, 0.15) is 50.8 Å². The molecule has 1 fully saturated rings. The van der Waals surface area contributed by atoms with E-state index in [-0.39, 0.29) is 5.41 Å². The Morgan fingerprint density at radius 2 is 1.83 bits per heavy atom. The average Bonchev–Trinajstić information content (AvgIpc) is 2.67. The van der Waals surface area contributed by atoms with E-state index in [1.807, 2.05) is 0 Å². The van der Waals surface area contributed by atoms with E-state index in [0.29, 0.717) is 5.82 Å². The highest BCUT2D eigenvalue weighted by Gasteiger charge is 2.34. The molecule has 0 saturated carbocycles. The van der Waals surface area contributed by atoms with Gasteiger partial charge in [0.15, 0.2) is 0 Å². The highest BCUT2D eigenvalue weighted by Crippen LogP contribution is 2.40. The maximum Gasteiger partial charge on any atom is 0.227 e. The molecule has 0 spiro atoms. The van der Waals surface area contributed by atoms with Crippen LogP contribution in [0.5, 0.6) is 0 Å². The van der Waals surface area contributed by atoms with Crippen LogP contribution in [0.25, 0.3) is 0 Å². The first-order chi connectivity index (χ1) is 8.58. The summed E-state index contributed by atoms with van der Waals surface area (Å²) in [5.41, 5.74) is 8.67. The lowest BCUT2D eigenvalue weighted by atomic mass is 9.87. The van der Waals surface area contributed by atoms with Crippen molar-refractivity contribution in [2.24, 2.45) is 0 Å². The van der Waals surface area contributed by atoms with E-state index >= 15 is 0 Å². The molecule has 98 valence electrons. The molecule has 2 N–H and O–H groups in total. The van der Waals surface area contributed by atoms with Crippen molar-refractivity contribution in [1.29, 1.82) is 0 Å². The maximum atomic E-state index is 6.18. The summed E-state index contributed by atoms with van der Waals surface area (Å²) in [5.74, 6) is 1.55. The van der Waals surface area contributed by atoms with Crippen LogP contribution in [0, 0.1) is 0 Å². The Morgan fingerprint density at radius 1 is 1.11 bits per heavy atom. The predicted molar refractivity (Wildman–Crippen MR) is 73.9 cm³/mol. The number of piperidine rings is 1. The molecule has 0 radical (unpaired) electrons. The molecule has 2 heterocycles. The number of fused-ring (bicyclic) bond motifs is 1. The monoisotopic (exact) mass is 246 g/mol. The predicted octanol–water partition coefficient (Wildman–Crippen LogP) is 2.27.